The molecule has 28 heavy (non-hydrogen) atoms. The number of nitrogens with one attached hydrogen (secondary N) is 1. The van der Waals surface area contributed by atoms with Crippen molar-refractivity contribution in [3.8, 4) is 11.5 Å². The number of fused-ring (bicyclic) bond motifs is 2. The van der Waals surface area contributed by atoms with E-state index in [4.69, 9.17) is 0 Å². The zero-order valence-electron chi connectivity index (χ0n) is 13.7. The van der Waals surface area contributed by atoms with Crippen molar-refractivity contribution in [2.24, 2.45) is 0 Å². The number of pyridine rings is 1. The molecule has 5 nitrogen and oxygen atoms in total. The van der Waals surface area contributed by atoms with Gasteiger partial charge in [-0.25, -0.2) is 0 Å². The zero-order chi connectivity index (χ0) is 20.1. The number of anilines is 1. The van der Waals surface area contributed by atoms with Crippen LogP contribution in [-0.2, 0) is 6.18 Å². The molecule has 0 saturated carbocycles. The number of ether oxygens (including phenoxy) is 2. The smallest absolute Gasteiger partial charge is 0.395 e. The Morgan fingerprint density at radius 2 is 1.75 bits per heavy atom. The van der Waals surface area contributed by atoms with Crippen LogP contribution < -0.4 is 14.8 Å². The van der Waals surface area contributed by atoms with Crippen LogP contribution in [0, 0.1) is 0 Å². The first kappa shape index (κ1) is 18.0. The molecule has 0 saturated heterocycles. The third-order valence-electron chi connectivity index (χ3n) is 3.96. The zero-order valence-corrected chi connectivity index (χ0v) is 13.7. The van der Waals surface area contributed by atoms with Gasteiger partial charge >= 0.3 is 12.5 Å². The number of amides is 1. The predicted octanol–water partition coefficient (Wildman–Crippen LogP) is 4.83. The Labute approximate surface area is 153 Å². The first-order valence-corrected chi connectivity index (χ1v) is 7.80. The molecule has 0 atom stereocenters. The molecule has 2 aromatic carbocycles. The molecule has 2 heterocycles. The van der Waals surface area contributed by atoms with Gasteiger partial charge in [0.05, 0.1) is 16.6 Å². The highest BCUT2D eigenvalue weighted by molar-refractivity contribution is 6.08. The summed E-state index contributed by atoms with van der Waals surface area (Å²) in [6, 6.07) is 8.86. The molecule has 144 valence electrons. The number of halogens is 5. The summed E-state index contributed by atoms with van der Waals surface area (Å²) in [5, 5.41) is 2.00. The van der Waals surface area contributed by atoms with Crippen molar-refractivity contribution in [3.63, 3.8) is 0 Å². The Morgan fingerprint density at radius 1 is 1.04 bits per heavy atom. The molecular formula is C18H9F5N2O3. The molecule has 1 aliphatic heterocycles. The number of aromatic nitrogens is 1. The van der Waals surface area contributed by atoms with Crippen molar-refractivity contribution in [3.05, 3.63) is 59.8 Å². The minimum atomic E-state index is -4.81. The number of nitrogens with zero attached hydrogens (tertiary/aromatic N) is 1. The maximum absolute atomic E-state index is 13.6. The molecule has 1 amide bonds. The fourth-order valence-corrected chi connectivity index (χ4v) is 2.84. The monoisotopic (exact) mass is 396 g/mol. The van der Waals surface area contributed by atoms with Crippen LogP contribution in [0.2, 0.25) is 0 Å². The number of para-hydroxylation sites is 1. The van der Waals surface area contributed by atoms with Gasteiger partial charge in [-0.15, -0.1) is 8.78 Å². The maximum Gasteiger partial charge on any atom is 0.586 e. The van der Waals surface area contributed by atoms with Crippen LogP contribution in [0.4, 0.5) is 27.6 Å². The molecule has 10 heteroatoms. The van der Waals surface area contributed by atoms with Crippen molar-refractivity contribution in [1.29, 1.82) is 0 Å². The molecule has 4 rings (SSSR count). The summed E-state index contributed by atoms with van der Waals surface area (Å²) in [5.41, 5.74) is -1.81. The highest BCUT2D eigenvalue weighted by Crippen LogP contribution is 2.42. The topological polar surface area (TPSA) is 60.5 Å². The van der Waals surface area contributed by atoms with E-state index >= 15 is 0 Å². The highest BCUT2D eigenvalue weighted by atomic mass is 19.4. The SMILES string of the molecule is O=C(Nc1ccc2c(c1)OC(F)(F)O2)c1cnc2ccccc2c1C(F)(F)F. The number of benzene rings is 2. The Hall–Kier alpha value is -3.43. The van der Waals surface area contributed by atoms with Gasteiger partial charge in [-0.2, -0.15) is 13.2 Å². The van der Waals surface area contributed by atoms with Gasteiger partial charge in [0.2, 0.25) is 0 Å². The van der Waals surface area contributed by atoms with Crippen LogP contribution in [0.1, 0.15) is 15.9 Å². The first-order valence-electron chi connectivity index (χ1n) is 7.80. The van der Waals surface area contributed by atoms with E-state index in [1.807, 2.05) is 0 Å². The van der Waals surface area contributed by atoms with Gasteiger partial charge in [0.25, 0.3) is 5.91 Å². The molecule has 0 aliphatic carbocycles. The quantitative estimate of drug-likeness (QED) is 0.631. The number of carbonyl (C=O) groups excluding carboxylic acids is 1. The van der Waals surface area contributed by atoms with Crippen molar-refractivity contribution in [2.75, 3.05) is 5.32 Å². The van der Waals surface area contributed by atoms with E-state index < -0.39 is 29.5 Å². The summed E-state index contributed by atoms with van der Waals surface area (Å²) in [7, 11) is 0. The standard InChI is InChI=1S/C18H9F5N2O3/c19-17(20,21)15-10-3-1-2-4-12(10)24-8-11(15)16(26)25-9-5-6-13-14(7-9)28-18(22,23)27-13/h1-8H,(H,25,26). The van der Waals surface area contributed by atoms with Crippen molar-refractivity contribution in [2.45, 2.75) is 12.5 Å². The number of hydrogen-bond donors (Lipinski definition) is 1. The maximum atomic E-state index is 13.6. The summed E-state index contributed by atoms with van der Waals surface area (Å²) >= 11 is 0. The fourth-order valence-electron chi connectivity index (χ4n) is 2.84. The summed E-state index contributed by atoms with van der Waals surface area (Å²) in [6.07, 6.45) is -7.84. The van der Waals surface area contributed by atoms with E-state index in [1.165, 1.54) is 30.3 Å². The van der Waals surface area contributed by atoms with Gasteiger partial charge in [-0.3, -0.25) is 9.78 Å². The normalized spacial score (nSPS) is 14.9. The number of alkyl halides is 5. The second-order valence-electron chi connectivity index (χ2n) is 5.84. The Morgan fingerprint density at radius 3 is 2.50 bits per heavy atom. The number of rotatable bonds is 2. The lowest BCUT2D eigenvalue weighted by Crippen LogP contribution is -2.25. The molecule has 0 bridgehead atoms. The van der Waals surface area contributed by atoms with Crippen LogP contribution in [0.5, 0.6) is 11.5 Å². The van der Waals surface area contributed by atoms with Crippen LogP contribution in [0.15, 0.2) is 48.7 Å². The largest absolute Gasteiger partial charge is 0.586 e. The number of hydrogen-bond acceptors (Lipinski definition) is 4. The average Bonchev–Trinajstić information content (AvgIpc) is 2.92. The van der Waals surface area contributed by atoms with Crippen LogP contribution in [-0.4, -0.2) is 17.2 Å². The molecule has 3 aromatic rings. The summed E-state index contributed by atoms with van der Waals surface area (Å²) < 4.78 is 75.5. The van der Waals surface area contributed by atoms with Gasteiger partial charge in [0, 0.05) is 23.3 Å². The van der Waals surface area contributed by atoms with Crippen LogP contribution in [0.3, 0.4) is 0 Å². The molecule has 0 radical (unpaired) electrons. The lowest BCUT2D eigenvalue weighted by molar-refractivity contribution is -0.286. The molecule has 0 unspecified atom stereocenters. The highest BCUT2D eigenvalue weighted by Gasteiger charge is 2.43. The van der Waals surface area contributed by atoms with Crippen LogP contribution >= 0.6 is 0 Å². The van der Waals surface area contributed by atoms with E-state index in [-0.39, 0.29) is 28.1 Å². The van der Waals surface area contributed by atoms with Gasteiger partial charge in [-0.1, -0.05) is 18.2 Å². The number of carbonyl (C=O) groups is 1. The average molecular weight is 396 g/mol. The Balaban J connectivity index is 1.71. The molecule has 0 spiro atoms. The lowest BCUT2D eigenvalue weighted by atomic mass is 10.0. The van der Waals surface area contributed by atoms with Crippen molar-refractivity contribution < 1.29 is 36.2 Å². The van der Waals surface area contributed by atoms with Gasteiger partial charge in [-0.05, 0) is 18.2 Å². The van der Waals surface area contributed by atoms with E-state index in [1.54, 1.807) is 0 Å². The second-order valence-corrected chi connectivity index (χ2v) is 5.84. The van der Waals surface area contributed by atoms with E-state index in [0.717, 1.165) is 18.3 Å². The third-order valence-corrected chi connectivity index (χ3v) is 3.96. The molecule has 1 aromatic heterocycles. The summed E-state index contributed by atoms with van der Waals surface area (Å²) in [6.45, 7) is 0. The molecular weight excluding hydrogens is 387 g/mol. The third kappa shape index (κ3) is 3.17. The fraction of sp³-hybridized carbons (Fsp3) is 0.111. The minimum Gasteiger partial charge on any atom is -0.395 e. The van der Waals surface area contributed by atoms with E-state index in [9.17, 15) is 26.7 Å². The first-order chi connectivity index (χ1) is 13.1. The lowest BCUT2D eigenvalue weighted by Gasteiger charge is -2.15. The predicted molar refractivity (Wildman–Crippen MR) is 87.3 cm³/mol. The van der Waals surface area contributed by atoms with Gasteiger partial charge in [0.1, 0.15) is 0 Å². The summed E-state index contributed by atoms with van der Waals surface area (Å²) in [5.74, 6) is -1.71. The summed E-state index contributed by atoms with van der Waals surface area (Å²) in [4.78, 5) is 16.4. The second kappa shape index (κ2) is 6.04. The Bertz CT molecular complexity index is 1100. The molecule has 1 N–H and O–H groups in total. The van der Waals surface area contributed by atoms with Crippen molar-refractivity contribution in [1.82, 2.24) is 4.98 Å². The molecule has 0 fully saturated rings. The van der Waals surface area contributed by atoms with E-state index in [0.29, 0.717) is 0 Å². The van der Waals surface area contributed by atoms with Crippen LogP contribution in [0.25, 0.3) is 10.9 Å². The minimum absolute atomic E-state index is 0.0497. The Kier molecular flexibility index (Phi) is 3.88. The van der Waals surface area contributed by atoms with Gasteiger partial charge < -0.3 is 14.8 Å². The van der Waals surface area contributed by atoms with Crippen molar-refractivity contribution >= 4 is 22.5 Å². The molecule has 1 aliphatic rings. The van der Waals surface area contributed by atoms with Gasteiger partial charge in [0.15, 0.2) is 11.5 Å². The van der Waals surface area contributed by atoms with E-state index in [2.05, 4.69) is 19.8 Å².